The fourth-order valence-corrected chi connectivity index (χ4v) is 3.85. The maximum atomic E-state index is 12.9. The fraction of sp³-hybridized carbons (Fsp3) is 0.474. The van der Waals surface area contributed by atoms with Crippen molar-refractivity contribution in [3.05, 3.63) is 48.3 Å². The van der Waals surface area contributed by atoms with E-state index in [-0.39, 0.29) is 17.9 Å². The zero-order chi connectivity index (χ0) is 16.5. The van der Waals surface area contributed by atoms with Gasteiger partial charge in [-0.25, -0.2) is 4.68 Å². The predicted molar refractivity (Wildman–Crippen MR) is 90.8 cm³/mol. The molecule has 126 valence electrons. The van der Waals surface area contributed by atoms with Crippen LogP contribution in [0, 0.1) is 5.92 Å². The van der Waals surface area contributed by atoms with Gasteiger partial charge in [0.1, 0.15) is 0 Å². The molecule has 0 bridgehead atoms. The fourth-order valence-electron chi connectivity index (χ4n) is 3.85. The van der Waals surface area contributed by atoms with Gasteiger partial charge in [0.05, 0.1) is 23.9 Å². The van der Waals surface area contributed by atoms with Gasteiger partial charge in [0, 0.05) is 31.0 Å². The van der Waals surface area contributed by atoms with Crippen LogP contribution in [-0.4, -0.2) is 39.8 Å². The highest BCUT2D eigenvalue weighted by molar-refractivity contribution is 5.80. The lowest BCUT2D eigenvalue weighted by molar-refractivity contribution is -0.138. The van der Waals surface area contributed by atoms with Crippen LogP contribution in [0.25, 0.3) is 5.69 Å². The molecule has 5 heteroatoms. The number of hydrogen-bond donors (Lipinski definition) is 0. The summed E-state index contributed by atoms with van der Waals surface area (Å²) in [5.41, 5.74) is 2.00. The minimum absolute atomic E-state index is 0.0843. The van der Waals surface area contributed by atoms with Crippen LogP contribution >= 0.6 is 0 Å². The first kappa shape index (κ1) is 15.4. The Morgan fingerprint density at radius 2 is 2.08 bits per heavy atom. The van der Waals surface area contributed by atoms with E-state index >= 15 is 0 Å². The van der Waals surface area contributed by atoms with E-state index in [9.17, 15) is 4.79 Å². The van der Waals surface area contributed by atoms with Gasteiger partial charge in [-0.3, -0.25) is 4.79 Å². The number of carbonyl (C=O) groups excluding carboxylic acids is 1. The summed E-state index contributed by atoms with van der Waals surface area (Å²) >= 11 is 0. The summed E-state index contributed by atoms with van der Waals surface area (Å²) in [6.07, 6.45) is 6.65. The van der Waals surface area contributed by atoms with E-state index in [1.54, 1.807) is 0 Å². The van der Waals surface area contributed by atoms with Crippen molar-refractivity contribution in [2.24, 2.45) is 5.92 Å². The van der Waals surface area contributed by atoms with Crippen molar-refractivity contribution in [3.63, 3.8) is 0 Å². The lowest BCUT2D eigenvalue weighted by Crippen LogP contribution is -2.39. The van der Waals surface area contributed by atoms with Gasteiger partial charge in [-0.15, -0.1) is 0 Å². The maximum Gasteiger partial charge on any atom is 0.228 e. The van der Waals surface area contributed by atoms with E-state index in [0.717, 1.165) is 37.1 Å². The molecule has 2 aliphatic heterocycles. The van der Waals surface area contributed by atoms with E-state index in [4.69, 9.17) is 4.74 Å². The summed E-state index contributed by atoms with van der Waals surface area (Å²) < 4.78 is 7.76. The van der Waals surface area contributed by atoms with Crippen molar-refractivity contribution in [2.45, 2.75) is 38.3 Å². The van der Waals surface area contributed by atoms with Gasteiger partial charge in [-0.05, 0) is 38.3 Å². The first-order chi connectivity index (χ1) is 11.7. The largest absolute Gasteiger partial charge is 0.373 e. The topological polar surface area (TPSA) is 47.4 Å². The first-order valence-electron chi connectivity index (χ1n) is 8.76. The van der Waals surface area contributed by atoms with Gasteiger partial charge in [0.25, 0.3) is 0 Å². The van der Waals surface area contributed by atoms with Gasteiger partial charge in [-0.1, -0.05) is 18.2 Å². The molecule has 2 saturated heterocycles. The molecule has 1 amide bonds. The van der Waals surface area contributed by atoms with Gasteiger partial charge in [-0.2, -0.15) is 5.10 Å². The summed E-state index contributed by atoms with van der Waals surface area (Å²) in [6.45, 7) is 3.66. The number of nitrogens with zero attached hydrogens (tertiary/aromatic N) is 3. The number of para-hydroxylation sites is 1. The highest BCUT2D eigenvalue weighted by atomic mass is 16.5. The molecule has 1 aromatic carbocycles. The molecule has 3 heterocycles. The number of carbonyl (C=O) groups is 1. The summed E-state index contributed by atoms with van der Waals surface area (Å²) in [6, 6.07) is 10.3. The molecule has 3 atom stereocenters. The number of ether oxygens (including phenoxy) is 1. The zero-order valence-corrected chi connectivity index (χ0v) is 14.0. The molecule has 2 aromatic rings. The molecule has 1 aromatic heterocycles. The normalized spacial score (nSPS) is 26.9. The average molecular weight is 325 g/mol. The standard InChI is InChI=1S/C19H23N3O2/c1-14-6-5-10-21(14)19(23)17-9-11-24-18(17)15-12-20-22(13-15)16-7-3-2-4-8-16/h2-4,7-8,12-14,17-18H,5-6,9-11H2,1H3/t14-,17+,18-/m1/s1. The molecule has 24 heavy (non-hydrogen) atoms. The Balaban J connectivity index is 1.55. The lowest BCUT2D eigenvalue weighted by atomic mass is 9.95. The number of rotatable bonds is 3. The smallest absolute Gasteiger partial charge is 0.228 e. The third kappa shape index (κ3) is 2.73. The van der Waals surface area contributed by atoms with Crippen LogP contribution in [0.5, 0.6) is 0 Å². The molecule has 2 fully saturated rings. The van der Waals surface area contributed by atoms with Crippen molar-refractivity contribution in [2.75, 3.05) is 13.2 Å². The average Bonchev–Trinajstić information content (AvgIpc) is 3.35. The van der Waals surface area contributed by atoms with Crippen molar-refractivity contribution in [1.82, 2.24) is 14.7 Å². The molecular weight excluding hydrogens is 302 g/mol. The van der Waals surface area contributed by atoms with Gasteiger partial charge >= 0.3 is 0 Å². The molecule has 4 rings (SSSR count). The van der Waals surface area contributed by atoms with Gasteiger partial charge < -0.3 is 9.64 Å². The number of benzene rings is 1. The Morgan fingerprint density at radius 1 is 1.25 bits per heavy atom. The van der Waals surface area contributed by atoms with E-state index in [2.05, 4.69) is 12.0 Å². The molecule has 5 nitrogen and oxygen atoms in total. The van der Waals surface area contributed by atoms with Crippen molar-refractivity contribution >= 4 is 5.91 Å². The highest BCUT2D eigenvalue weighted by Gasteiger charge is 2.40. The van der Waals surface area contributed by atoms with Crippen molar-refractivity contribution in [3.8, 4) is 5.69 Å². The highest BCUT2D eigenvalue weighted by Crippen LogP contribution is 2.37. The Bertz CT molecular complexity index is 712. The minimum atomic E-state index is -0.178. The van der Waals surface area contributed by atoms with Crippen LogP contribution in [0.1, 0.15) is 37.9 Å². The molecule has 0 saturated carbocycles. The molecule has 0 spiro atoms. The molecular formula is C19H23N3O2. The van der Waals surface area contributed by atoms with E-state index in [1.165, 1.54) is 0 Å². The molecule has 2 aliphatic rings. The Labute approximate surface area is 142 Å². The van der Waals surface area contributed by atoms with Crippen LogP contribution in [0.4, 0.5) is 0 Å². The molecule has 0 unspecified atom stereocenters. The summed E-state index contributed by atoms with van der Waals surface area (Å²) in [7, 11) is 0. The van der Waals surface area contributed by atoms with Crippen LogP contribution in [-0.2, 0) is 9.53 Å². The Hall–Kier alpha value is -2.14. The first-order valence-corrected chi connectivity index (χ1v) is 8.76. The SMILES string of the molecule is C[C@@H]1CCCN1C(=O)[C@H]1CCO[C@@H]1c1cnn(-c2ccccc2)c1. The summed E-state index contributed by atoms with van der Waals surface area (Å²) in [5, 5.41) is 4.45. The molecule has 0 aliphatic carbocycles. The van der Waals surface area contributed by atoms with E-state index < -0.39 is 0 Å². The number of likely N-dealkylation sites (tertiary alicyclic amines) is 1. The van der Waals surface area contributed by atoms with Crippen molar-refractivity contribution in [1.29, 1.82) is 0 Å². The predicted octanol–water partition coefficient (Wildman–Crippen LogP) is 2.96. The Morgan fingerprint density at radius 3 is 2.83 bits per heavy atom. The summed E-state index contributed by atoms with van der Waals surface area (Å²) in [5.74, 6) is 0.161. The number of amides is 1. The van der Waals surface area contributed by atoms with Crippen LogP contribution in [0.3, 0.4) is 0 Å². The maximum absolute atomic E-state index is 12.9. The van der Waals surface area contributed by atoms with Gasteiger partial charge in [0.2, 0.25) is 5.91 Å². The van der Waals surface area contributed by atoms with Crippen LogP contribution < -0.4 is 0 Å². The monoisotopic (exact) mass is 325 g/mol. The van der Waals surface area contributed by atoms with Gasteiger partial charge in [0.15, 0.2) is 0 Å². The number of hydrogen-bond acceptors (Lipinski definition) is 3. The van der Waals surface area contributed by atoms with Crippen LogP contribution in [0.2, 0.25) is 0 Å². The summed E-state index contributed by atoms with van der Waals surface area (Å²) in [4.78, 5) is 15.0. The van der Waals surface area contributed by atoms with E-state index in [0.29, 0.717) is 12.6 Å². The molecule has 0 radical (unpaired) electrons. The second kappa shape index (κ2) is 6.40. The minimum Gasteiger partial charge on any atom is -0.373 e. The second-order valence-corrected chi connectivity index (χ2v) is 6.76. The lowest BCUT2D eigenvalue weighted by Gasteiger charge is -2.26. The van der Waals surface area contributed by atoms with Crippen LogP contribution in [0.15, 0.2) is 42.7 Å². The quantitative estimate of drug-likeness (QED) is 0.872. The van der Waals surface area contributed by atoms with E-state index in [1.807, 2.05) is 52.3 Å². The van der Waals surface area contributed by atoms with Crippen molar-refractivity contribution < 1.29 is 9.53 Å². The Kier molecular flexibility index (Phi) is 4.10. The third-order valence-electron chi connectivity index (χ3n) is 5.20. The third-order valence-corrected chi connectivity index (χ3v) is 5.20. The number of aromatic nitrogens is 2. The molecule has 0 N–H and O–H groups in total. The zero-order valence-electron chi connectivity index (χ0n) is 14.0. The second-order valence-electron chi connectivity index (χ2n) is 6.76.